The van der Waals surface area contributed by atoms with Gasteiger partial charge in [0.05, 0.1) is 17.9 Å². The molecule has 29 heavy (non-hydrogen) atoms. The Morgan fingerprint density at radius 2 is 2.07 bits per heavy atom. The second kappa shape index (κ2) is 8.08. The molecule has 10 heteroatoms. The zero-order valence-corrected chi connectivity index (χ0v) is 16.9. The van der Waals surface area contributed by atoms with Gasteiger partial charge >= 0.3 is 0 Å². The van der Waals surface area contributed by atoms with Gasteiger partial charge in [0, 0.05) is 11.4 Å². The van der Waals surface area contributed by atoms with Crippen LogP contribution in [0.25, 0.3) is 10.9 Å². The van der Waals surface area contributed by atoms with E-state index in [9.17, 15) is 14.4 Å². The van der Waals surface area contributed by atoms with Crippen LogP contribution in [-0.2, 0) is 16.1 Å². The van der Waals surface area contributed by atoms with E-state index in [0.717, 1.165) is 12.8 Å². The SMILES string of the molecule is O=Cc1nn(CC(=O)N(CC(=O)Nc2cncc(Br)n2)C2CC2)c2ccccc12. The third kappa shape index (κ3) is 4.32. The highest BCUT2D eigenvalue weighted by Crippen LogP contribution is 2.27. The maximum Gasteiger partial charge on any atom is 0.245 e. The molecule has 9 nitrogen and oxygen atoms in total. The summed E-state index contributed by atoms with van der Waals surface area (Å²) in [5.41, 5.74) is 0.991. The lowest BCUT2D eigenvalue weighted by molar-refractivity contribution is -0.135. The fraction of sp³-hybridized carbons (Fsp3) is 0.263. The van der Waals surface area contributed by atoms with Crippen molar-refractivity contribution in [2.75, 3.05) is 11.9 Å². The fourth-order valence-electron chi connectivity index (χ4n) is 3.13. The van der Waals surface area contributed by atoms with E-state index >= 15 is 0 Å². The predicted octanol–water partition coefficient (Wildman–Crippen LogP) is 2.03. The largest absolute Gasteiger partial charge is 0.329 e. The molecule has 3 aromatic rings. The first-order valence-corrected chi connectivity index (χ1v) is 9.82. The number of nitrogens with one attached hydrogen (secondary N) is 1. The van der Waals surface area contributed by atoms with Gasteiger partial charge in [-0.2, -0.15) is 5.10 Å². The van der Waals surface area contributed by atoms with E-state index in [1.807, 2.05) is 18.2 Å². The lowest BCUT2D eigenvalue weighted by Crippen LogP contribution is -2.41. The molecule has 0 unspecified atom stereocenters. The molecular formula is C19H17BrN6O3. The number of anilines is 1. The molecule has 1 aromatic carbocycles. The molecule has 148 valence electrons. The highest BCUT2D eigenvalue weighted by atomic mass is 79.9. The first-order valence-electron chi connectivity index (χ1n) is 9.02. The number of aldehydes is 1. The first kappa shape index (κ1) is 19.2. The normalized spacial score (nSPS) is 13.3. The molecule has 0 atom stereocenters. The third-order valence-electron chi connectivity index (χ3n) is 4.58. The molecule has 1 aliphatic carbocycles. The van der Waals surface area contributed by atoms with Crippen molar-refractivity contribution in [3.8, 4) is 0 Å². The number of carbonyl (C=O) groups excluding carboxylic acids is 3. The number of para-hydroxylation sites is 1. The summed E-state index contributed by atoms with van der Waals surface area (Å²) in [5.74, 6) is -0.272. The number of aromatic nitrogens is 4. The highest BCUT2D eigenvalue weighted by molar-refractivity contribution is 9.10. The maximum atomic E-state index is 12.9. The molecule has 4 rings (SSSR count). The summed E-state index contributed by atoms with van der Waals surface area (Å²) < 4.78 is 2.01. The van der Waals surface area contributed by atoms with Crippen LogP contribution in [0.2, 0.25) is 0 Å². The van der Waals surface area contributed by atoms with E-state index in [4.69, 9.17) is 0 Å². The number of benzene rings is 1. The Kier molecular flexibility index (Phi) is 5.34. The minimum absolute atomic E-state index is 0.0363. The molecule has 1 N–H and O–H groups in total. The van der Waals surface area contributed by atoms with Crippen molar-refractivity contribution in [1.82, 2.24) is 24.6 Å². The van der Waals surface area contributed by atoms with E-state index in [2.05, 4.69) is 36.3 Å². The molecular weight excluding hydrogens is 440 g/mol. The van der Waals surface area contributed by atoms with Crippen molar-refractivity contribution in [2.24, 2.45) is 0 Å². The second-order valence-electron chi connectivity index (χ2n) is 6.71. The van der Waals surface area contributed by atoms with Gasteiger partial charge in [-0.25, -0.2) is 4.98 Å². The van der Waals surface area contributed by atoms with Gasteiger partial charge in [-0.3, -0.25) is 24.0 Å². The van der Waals surface area contributed by atoms with Crippen LogP contribution in [0, 0.1) is 0 Å². The van der Waals surface area contributed by atoms with Crippen LogP contribution in [0.4, 0.5) is 5.82 Å². The van der Waals surface area contributed by atoms with Gasteiger partial charge in [0.25, 0.3) is 0 Å². The number of halogens is 1. The van der Waals surface area contributed by atoms with Crippen molar-refractivity contribution in [2.45, 2.75) is 25.4 Å². The Hall–Kier alpha value is -3.14. The van der Waals surface area contributed by atoms with Gasteiger partial charge in [-0.15, -0.1) is 0 Å². The molecule has 0 radical (unpaired) electrons. The Bertz CT molecular complexity index is 1090. The quantitative estimate of drug-likeness (QED) is 0.544. The van der Waals surface area contributed by atoms with Gasteiger partial charge in [-0.1, -0.05) is 18.2 Å². The standard InChI is InChI=1S/C19H17BrN6O3/c20-16-7-21-8-17(22-16)23-18(28)9-25(12-5-6-12)19(29)10-26-15-4-2-1-3-13(15)14(11-27)24-26/h1-4,7-8,11-12H,5-6,9-10H2,(H,22,23,28). The number of amides is 2. The number of rotatable bonds is 7. The van der Waals surface area contributed by atoms with Crippen molar-refractivity contribution in [1.29, 1.82) is 0 Å². The summed E-state index contributed by atoms with van der Waals surface area (Å²) in [5, 5.41) is 7.59. The minimum atomic E-state index is -0.350. The van der Waals surface area contributed by atoms with E-state index in [0.29, 0.717) is 27.6 Å². The third-order valence-corrected chi connectivity index (χ3v) is 4.96. The summed E-state index contributed by atoms with van der Waals surface area (Å²) in [6.45, 7) is -0.133. The summed E-state index contributed by atoms with van der Waals surface area (Å²) >= 11 is 3.20. The van der Waals surface area contributed by atoms with Crippen molar-refractivity contribution < 1.29 is 14.4 Å². The molecule has 1 aliphatic rings. The van der Waals surface area contributed by atoms with E-state index in [1.54, 1.807) is 11.0 Å². The summed E-state index contributed by atoms with van der Waals surface area (Å²) in [6.07, 6.45) is 5.33. The number of carbonyl (C=O) groups is 3. The van der Waals surface area contributed by atoms with Crippen LogP contribution in [0.1, 0.15) is 23.3 Å². The fourth-order valence-corrected chi connectivity index (χ4v) is 3.44. The Morgan fingerprint density at radius 1 is 1.28 bits per heavy atom. The zero-order valence-electron chi connectivity index (χ0n) is 15.3. The number of nitrogens with zero attached hydrogens (tertiary/aromatic N) is 5. The zero-order chi connectivity index (χ0) is 20.4. The lowest BCUT2D eigenvalue weighted by atomic mass is 10.2. The number of hydrogen-bond donors (Lipinski definition) is 1. The van der Waals surface area contributed by atoms with Gasteiger partial charge in [-0.05, 0) is 34.8 Å². The molecule has 1 saturated carbocycles. The van der Waals surface area contributed by atoms with Crippen LogP contribution in [0.5, 0.6) is 0 Å². The molecule has 2 aromatic heterocycles. The molecule has 2 amide bonds. The van der Waals surface area contributed by atoms with Gasteiger partial charge in [0.15, 0.2) is 12.1 Å². The summed E-state index contributed by atoms with van der Waals surface area (Å²) in [7, 11) is 0. The molecule has 0 aliphatic heterocycles. The monoisotopic (exact) mass is 456 g/mol. The number of hydrogen-bond acceptors (Lipinski definition) is 6. The van der Waals surface area contributed by atoms with Crippen LogP contribution >= 0.6 is 15.9 Å². The smallest absolute Gasteiger partial charge is 0.245 e. The minimum Gasteiger partial charge on any atom is -0.329 e. The van der Waals surface area contributed by atoms with E-state index in [1.165, 1.54) is 17.1 Å². The molecule has 0 bridgehead atoms. The van der Waals surface area contributed by atoms with Gasteiger partial charge in [0.2, 0.25) is 11.8 Å². The predicted molar refractivity (Wildman–Crippen MR) is 108 cm³/mol. The van der Waals surface area contributed by atoms with Crippen molar-refractivity contribution in [3.63, 3.8) is 0 Å². The summed E-state index contributed by atoms with van der Waals surface area (Å²) in [6, 6.07) is 7.27. The van der Waals surface area contributed by atoms with Gasteiger partial charge in [0.1, 0.15) is 23.4 Å². The van der Waals surface area contributed by atoms with Crippen LogP contribution in [-0.4, -0.2) is 55.3 Å². The van der Waals surface area contributed by atoms with E-state index in [-0.39, 0.29) is 36.6 Å². The first-order chi connectivity index (χ1) is 14.0. The van der Waals surface area contributed by atoms with Gasteiger partial charge < -0.3 is 10.2 Å². The highest BCUT2D eigenvalue weighted by Gasteiger charge is 2.34. The van der Waals surface area contributed by atoms with Crippen molar-refractivity contribution in [3.05, 3.63) is 47.0 Å². The average molecular weight is 457 g/mol. The van der Waals surface area contributed by atoms with Crippen LogP contribution < -0.4 is 5.32 Å². The number of fused-ring (bicyclic) bond motifs is 1. The molecule has 2 heterocycles. The maximum absolute atomic E-state index is 12.9. The Balaban J connectivity index is 1.48. The van der Waals surface area contributed by atoms with Crippen molar-refractivity contribution >= 4 is 50.8 Å². The summed E-state index contributed by atoms with van der Waals surface area (Å²) in [4.78, 5) is 46.3. The topological polar surface area (TPSA) is 110 Å². The second-order valence-corrected chi connectivity index (χ2v) is 7.52. The Labute approximate surface area is 174 Å². The molecule has 0 spiro atoms. The molecule has 0 saturated heterocycles. The Morgan fingerprint density at radius 3 is 2.79 bits per heavy atom. The van der Waals surface area contributed by atoms with Crippen LogP contribution in [0.15, 0.2) is 41.3 Å². The van der Waals surface area contributed by atoms with E-state index < -0.39 is 0 Å². The molecule has 1 fully saturated rings. The average Bonchev–Trinajstić information content (AvgIpc) is 3.49. The lowest BCUT2D eigenvalue weighted by Gasteiger charge is -2.22. The van der Waals surface area contributed by atoms with Crippen LogP contribution in [0.3, 0.4) is 0 Å².